The van der Waals surface area contributed by atoms with Crippen LogP contribution in [-0.2, 0) is 0 Å². The molecule has 110 valence electrons. The van der Waals surface area contributed by atoms with E-state index < -0.39 is 0 Å². The number of hydrogen-bond acceptors (Lipinski definition) is 4. The van der Waals surface area contributed by atoms with E-state index in [2.05, 4.69) is 9.69 Å². The minimum absolute atomic E-state index is 0.0842. The minimum Gasteiger partial charge on any atom is -0.396 e. The predicted octanol–water partition coefficient (Wildman–Crippen LogP) is 3.45. The molecule has 3 N–H and O–H groups in total. The molecule has 5 heteroatoms. The number of anilines is 1. The standard InChI is InChI=1S/C16H19N3OS/c17-13-14(11-7-3-1-4-8-11)19-21-15(13)16(20)18-12-9-5-2-6-10-12/h1,3-4,7-8,12H,2,5-6,9-10,17H2,(H,18,20). The Morgan fingerprint density at radius 1 is 1.19 bits per heavy atom. The third-order valence-corrected chi connectivity index (χ3v) is 4.78. The highest BCUT2D eigenvalue weighted by atomic mass is 32.1. The normalized spacial score (nSPS) is 15.8. The van der Waals surface area contributed by atoms with Gasteiger partial charge in [0, 0.05) is 11.6 Å². The monoisotopic (exact) mass is 301 g/mol. The largest absolute Gasteiger partial charge is 0.396 e. The van der Waals surface area contributed by atoms with E-state index in [1.165, 1.54) is 30.8 Å². The highest BCUT2D eigenvalue weighted by Gasteiger charge is 2.22. The molecule has 4 nitrogen and oxygen atoms in total. The number of amides is 1. The predicted molar refractivity (Wildman–Crippen MR) is 86.3 cm³/mol. The lowest BCUT2D eigenvalue weighted by molar-refractivity contribution is 0.0932. The Hall–Kier alpha value is -1.88. The summed E-state index contributed by atoms with van der Waals surface area (Å²) < 4.78 is 4.36. The van der Waals surface area contributed by atoms with Crippen LogP contribution in [0, 0.1) is 0 Å². The zero-order valence-corrected chi connectivity index (χ0v) is 12.7. The highest BCUT2D eigenvalue weighted by molar-refractivity contribution is 7.09. The molecule has 1 aromatic heterocycles. The average Bonchev–Trinajstić information content (AvgIpc) is 2.91. The fraction of sp³-hybridized carbons (Fsp3) is 0.375. The molecule has 0 saturated heterocycles. The first-order chi connectivity index (χ1) is 10.3. The molecule has 0 bridgehead atoms. The van der Waals surface area contributed by atoms with Crippen molar-refractivity contribution in [3.63, 3.8) is 0 Å². The number of carbonyl (C=O) groups excluding carboxylic acids is 1. The highest BCUT2D eigenvalue weighted by Crippen LogP contribution is 2.30. The summed E-state index contributed by atoms with van der Waals surface area (Å²) in [7, 11) is 0. The van der Waals surface area contributed by atoms with Gasteiger partial charge in [-0.25, -0.2) is 0 Å². The van der Waals surface area contributed by atoms with E-state index >= 15 is 0 Å². The quantitative estimate of drug-likeness (QED) is 0.912. The van der Waals surface area contributed by atoms with Crippen molar-refractivity contribution in [3.05, 3.63) is 35.2 Å². The van der Waals surface area contributed by atoms with E-state index in [-0.39, 0.29) is 11.9 Å². The topological polar surface area (TPSA) is 68.0 Å². The van der Waals surface area contributed by atoms with Crippen molar-refractivity contribution < 1.29 is 4.79 Å². The van der Waals surface area contributed by atoms with E-state index in [0.717, 1.165) is 18.4 Å². The molecule has 0 radical (unpaired) electrons. The maximum Gasteiger partial charge on any atom is 0.265 e. The lowest BCUT2D eigenvalue weighted by Gasteiger charge is -2.22. The molecule has 1 aromatic carbocycles. The van der Waals surface area contributed by atoms with Gasteiger partial charge in [-0.15, -0.1) is 0 Å². The van der Waals surface area contributed by atoms with Crippen LogP contribution < -0.4 is 11.1 Å². The second-order valence-corrected chi connectivity index (χ2v) is 6.22. The molecule has 21 heavy (non-hydrogen) atoms. The van der Waals surface area contributed by atoms with Crippen LogP contribution in [0.15, 0.2) is 30.3 Å². The lowest BCUT2D eigenvalue weighted by Crippen LogP contribution is -2.36. The average molecular weight is 301 g/mol. The van der Waals surface area contributed by atoms with Crippen LogP contribution in [0.1, 0.15) is 41.8 Å². The van der Waals surface area contributed by atoms with Gasteiger partial charge in [0.05, 0.1) is 5.69 Å². The minimum atomic E-state index is -0.0842. The SMILES string of the molecule is Nc1c(-c2ccccc2)nsc1C(=O)NC1CCCCC1. The van der Waals surface area contributed by atoms with Crippen LogP contribution in [-0.4, -0.2) is 16.3 Å². The van der Waals surface area contributed by atoms with Crippen LogP contribution in [0.5, 0.6) is 0 Å². The van der Waals surface area contributed by atoms with Crippen LogP contribution in [0.2, 0.25) is 0 Å². The maximum absolute atomic E-state index is 12.4. The molecular formula is C16H19N3OS. The third kappa shape index (κ3) is 3.08. The summed E-state index contributed by atoms with van der Waals surface area (Å²) in [4.78, 5) is 12.9. The first-order valence-electron chi connectivity index (χ1n) is 7.37. The van der Waals surface area contributed by atoms with E-state index in [9.17, 15) is 4.79 Å². The number of hydrogen-bond donors (Lipinski definition) is 2. The van der Waals surface area contributed by atoms with Gasteiger partial charge in [0.15, 0.2) is 0 Å². The van der Waals surface area contributed by atoms with E-state index in [4.69, 9.17) is 5.73 Å². The van der Waals surface area contributed by atoms with Crippen molar-refractivity contribution in [1.82, 2.24) is 9.69 Å². The van der Waals surface area contributed by atoms with Gasteiger partial charge in [-0.05, 0) is 24.4 Å². The van der Waals surface area contributed by atoms with Crippen LogP contribution >= 0.6 is 11.5 Å². The van der Waals surface area contributed by atoms with Gasteiger partial charge in [-0.3, -0.25) is 4.79 Å². The Morgan fingerprint density at radius 2 is 1.90 bits per heavy atom. The van der Waals surface area contributed by atoms with Crippen LogP contribution in [0.3, 0.4) is 0 Å². The van der Waals surface area contributed by atoms with Crippen molar-refractivity contribution in [3.8, 4) is 11.3 Å². The zero-order valence-electron chi connectivity index (χ0n) is 11.8. The zero-order chi connectivity index (χ0) is 14.7. The summed E-state index contributed by atoms with van der Waals surface area (Å²) in [6.07, 6.45) is 5.79. The third-order valence-electron chi connectivity index (χ3n) is 3.92. The molecule has 0 aliphatic heterocycles. The number of nitrogens with one attached hydrogen (secondary N) is 1. The smallest absolute Gasteiger partial charge is 0.265 e. The van der Waals surface area contributed by atoms with Gasteiger partial charge in [-0.2, -0.15) is 4.37 Å². The van der Waals surface area contributed by atoms with Crippen molar-refractivity contribution in [1.29, 1.82) is 0 Å². The number of nitrogens with two attached hydrogens (primary N) is 1. The summed E-state index contributed by atoms with van der Waals surface area (Å²) in [6, 6.07) is 10.0. The molecule has 2 aromatic rings. The number of benzene rings is 1. The molecule has 0 atom stereocenters. The van der Waals surface area contributed by atoms with Gasteiger partial charge < -0.3 is 11.1 Å². The molecule has 1 aliphatic carbocycles. The Morgan fingerprint density at radius 3 is 2.62 bits per heavy atom. The molecule has 0 spiro atoms. The Labute approximate surface area is 128 Å². The summed E-state index contributed by atoms with van der Waals surface area (Å²) in [5, 5.41) is 3.09. The maximum atomic E-state index is 12.4. The Kier molecular flexibility index (Phi) is 4.20. The number of nitrogen functional groups attached to an aromatic ring is 1. The van der Waals surface area contributed by atoms with Crippen molar-refractivity contribution in [2.45, 2.75) is 38.1 Å². The Balaban J connectivity index is 1.77. The molecule has 1 heterocycles. The molecule has 1 fully saturated rings. The Bertz CT molecular complexity index is 618. The molecular weight excluding hydrogens is 282 g/mol. The fourth-order valence-electron chi connectivity index (χ4n) is 2.76. The van der Waals surface area contributed by atoms with Crippen molar-refractivity contribution in [2.75, 3.05) is 5.73 Å². The van der Waals surface area contributed by atoms with E-state index in [1.807, 2.05) is 30.3 Å². The second-order valence-electron chi connectivity index (χ2n) is 5.45. The van der Waals surface area contributed by atoms with Gasteiger partial charge in [0.25, 0.3) is 5.91 Å². The first-order valence-corrected chi connectivity index (χ1v) is 8.14. The fourth-order valence-corrected chi connectivity index (χ4v) is 3.49. The van der Waals surface area contributed by atoms with Gasteiger partial charge in [-0.1, -0.05) is 49.6 Å². The summed E-state index contributed by atoms with van der Waals surface area (Å²) in [5.41, 5.74) is 8.26. The van der Waals surface area contributed by atoms with Gasteiger partial charge >= 0.3 is 0 Å². The van der Waals surface area contributed by atoms with Gasteiger partial charge in [0.2, 0.25) is 0 Å². The molecule has 1 saturated carbocycles. The summed E-state index contributed by atoms with van der Waals surface area (Å²) in [5.74, 6) is -0.0842. The van der Waals surface area contributed by atoms with E-state index in [1.54, 1.807) is 0 Å². The lowest BCUT2D eigenvalue weighted by atomic mass is 9.95. The number of rotatable bonds is 3. The first kappa shape index (κ1) is 14.1. The van der Waals surface area contributed by atoms with Gasteiger partial charge in [0.1, 0.15) is 10.6 Å². The van der Waals surface area contributed by atoms with Crippen molar-refractivity contribution in [2.24, 2.45) is 0 Å². The van der Waals surface area contributed by atoms with Crippen LogP contribution in [0.4, 0.5) is 5.69 Å². The number of aromatic nitrogens is 1. The number of carbonyl (C=O) groups is 1. The summed E-state index contributed by atoms with van der Waals surface area (Å²) >= 11 is 1.18. The molecule has 1 amide bonds. The van der Waals surface area contributed by atoms with Crippen LogP contribution in [0.25, 0.3) is 11.3 Å². The van der Waals surface area contributed by atoms with Crippen molar-refractivity contribution >= 4 is 23.1 Å². The molecule has 0 unspecified atom stereocenters. The second kappa shape index (κ2) is 6.26. The molecule has 1 aliphatic rings. The molecule has 3 rings (SSSR count). The number of nitrogens with zero attached hydrogens (tertiary/aromatic N) is 1. The van der Waals surface area contributed by atoms with E-state index in [0.29, 0.717) is 16.3 Å². The summed E-state index contributed by atoms with van der Waals surface area (Å²) in [6.45, 7) is 0.